The van der Waals surface area contributed by atoms with Crippen LogP contribution in [0.1, 0.15) is 58.8 Å². The van der Waals surface area contributed by atoms with Crippen LogP contribution in [0, 0.1) is 10.8 Å². The van der Waals surface area contributed by atoms with Crippen molar-refractivity contribution in [3.63, 3.8) is 0 Å². The fourth-order valence-corrected chi connectivity index (χ4v) is 3.78. The Morgan fingerprint density at radius 1 is 1.16 bits per heavy atom. The topological polar surface area (TPSA) is 54.5 Å². The molecule has 3 rings (SSSR count). The first-order valence-corrected chi connectivity index (χ1v) is 9.85. The molecule has 25 heavy (non-hydrogen) atoms. The minimum absolute atomic E-state index is 0.149. The lowest BCUT2D eigenvalue weighted by molar-refractivity contribution is -0.138. The average Bonchev–Trinajstić information content (AvgIpc) is 2.97. The minimum Gasteiger partial charge on any atom is -0.413 e. The number of aromatic nitrogens is 2. The Labute approximate surface area is 155 Å². The van der Waals surface area contributed by atoms with Gasteiger partial charge in [-0.05, 0) is 25.1 Å². The van der Waals surface area contributed by atoms with Gasteiger partial charge in [-0.1, -0.05) is 40.0 Å². The summed E-state index contributed by atoms with van der Waals surface area (Å²) in [6.45, 7) is 10.1. The van der Waals surface area contributed by atoms with Crippen LogP contribution < -0.4 is 0 Å². The van der Waals surface area contributed by atoms with E-state index in [1.807, 2.05) is 0 Å². The standard InChI is InChI=1S/C18H30N4O2S/c1-18(2,3)16-19-22(17(25)24-16)13-20-9-11-21(12-10-20)15(23)14-7-5-4-6-8-14/h14H,4-13H2,1-3H3. The van der Waals surface area contributed by atoms with Crippen molar-refractivity contribution < 1.29 is 9.21 Å². The molecule has 0 radical (unpaired) electrons. The molecule has 0 bridgehead atoms. The first kappa shape index (κ1) is 18.6. The van der Waals surface area contributed by atoms with Gasteiger partial charge in [-0.2, -0.15) is 0 Å². The molecule has 2 heterocycles. The maximum absolute atomic E-state index is 12.6. The van der Waals surface area contributed by atoms with Crippen molar-refractivity contribution in [1.82, 2.24) is 19.6 Å². The number of nitrogens with zero attached hydrogens (tertiary/aromatic N) is 4. The second kappa shape index (κ2) is 7.58. The third-order valence-corrected chi connectivity index (χ3v) is 5.51. The predicted octanol–water partition coefficient (Wildman–Crippen LogP) is 3.19. The maximum atomic E-state index is 12.6. The van der Waals surface area contributed by atoms with Crippen molar-refractivity contribution >= 4 is 18.1 Å². The first-order valence-electron chi connectivity index (χ1n) is 9.44. The molecular weight excluding hydrogens is 336 g/mol. The lowest BCUT2D eigenvalue weighted by atomic mass is 9.88. The summed E-state index contributed by atoms with van der Waals surface area (Å²) in [5.41, 5.74) is -0.149. The molecule has 7 heteroatoms. The summed E-state index contributed by atoms with van der Waals surface area (Å²) >= 11 is 5.30. The van der Waals surface area contributed by atoms with E-state index in [9.17, 15) is 4.79 Å². The van der Waals surface area contributed by atoms with Crippen LogP contribution in [0.5, 0.6) is 0 Å². The summed E-state index contributed by atoms with van der Waals surface area (Å²) in [7, 11) is 0. The third kappa shape index (κ3) is 4.50. The molecule has 0 N–H and O–H groups in total. The maximum Gasteiger partial charge on any atom is 0.288 e. The van der Waals surface area contributed by atoms with E-state index >= 15 is 0 Å². The van der Waals surface area contributed by atoms with E-state index in [4.69, 9.17) is 16.6 Å². The van der Waals surface area contributed by atoms with Crippen LogP contribution in [0.2, 0.25) is 0 Å². The van der Waals surface area contributed by atoms with Gasteiger partial charge in [0.25, 0.3) is 4.84 Å². The molecule has 0 spiro atoms. The number of rotatable bonds is 3. The summed E-state index contributed by atoms with van der Waals surface area (Å²) in [6.07, 6.45) is 5.84. The Morgan fingerprint density at radius 2 is 1.80 bits per heavy atom. The molecule has 0 aromatic carbocycles. The van der Waals surface area contributed by atoms with Crippen LogP contribution in [-0.2, 0) is 16.9 Å². The molecule has 6 nitrogen and oxygen atoms in total. The number of carbonyl (C=O) groups is 1. The molecule has 1 aliphatic heterocycles. The van der Waals surface area contributed by atoms with E-state index in [2.05, 4.69) is 35.7 Å². The molecule has 2 aliphatic rings. The average molecular weight is 367 g/mol. The number of amides is 1. The third-order valence-electron chi connectivity index (χ3n) is 5.22. The van der Waals surface area contributed by atoms with Crippen LogP contribution in [0.25, 0.3) is 0 Å². The predicted molar refractivity (Wildman–Crippen MR) is 98.8 cm³/mol. The molecule has 140 valence electrons. The summed E-state index contributed by atoms with van der Waals surface area (Å²) in [4.78, 5) is 17.4. The summed E-state index contributed by atoms with van der Waals surface area (Å²) < 4.78 is 7.39. The molecule has 1 aliphatic carbocycles. The lowest BCUT2D eigenvalue weighted by Crippen LogP contribution is -2.50. The highest BCUT2D eigenvalue weighted by Crippen LogP contribution is 2.26. The van der Waals surface area contributed by atoms with Crippen molar-refractivity contribution in [1.29, 1.82) is 0 Å². The van der Waals surface area contributed by atoms with Gasteiger partial charge in [0.15, 0.2) is 0 Å². The van der Waals surface area contributed by atoms with Gasteiger partial charge in [-0.25, -0.2) is 4.68 Å². The van der Waals surface area contributed by atoms with E-state index in [0.29, 0.717) is 23.3 Å². The van der Waals surface area contributed by atoms with Crippen molar-refractivity contribution in [3.8, 4) is 0 Å². The summed E-state index contributed by atoms with van der Waals surface area (Å²) in [6, 6.07) is 0. The zero-order chi connectivity index (χ0) is 18.0. The van der Waals surface area contributed by atoms with E-state index in [0.717, 1.165) is 39.0 Å². The normalized spacial score (nSPS) is 20.8. The number of hydrogen-bond acceptors (Lipinski definition) is 5. The molecule has 2 fully saturated rings. The van der Waals surface area contributed by atoms with Crippen molar-refractivity contribution in [2.45, 2.75) is 65.0 Å². The van der Waals surface area contributed by atoms with Crippen LogP contribution >= 0.6 is 12.2 Å². The number of hydrogen-bond donors (Lipinski definition) is 0. The van der Waals surface area contributed by atoms with Crippen LogP contribution in [-0.4, -0.2) is 51.7 Å². The molecule has 1 amide bonds. The molecule has 1 aromatic rings. The lowest BCUT2D eigenvalue weighted by Gasteiger charge is -2.36. The van der Waals surface area contributed by atoms with E-state index < -0.39 is 0 Å². The van der Waals surface area contributed by atoms with Gasteiger partial charge in [0, 0.05) is 37.5 Å². The molecule has 1 aromatic heterocycles. The van der Waals surface area contributed by atoms with E-state index in [-0.39, 0.29) is 11.3 Å². The van der Waals surface area contributed by atoms with Crippen LogP contribution in [0.4, 0.5) is 0 Å². The smallest absolute Gasteiger partial charge is 0.288 e. The van der Waals surface area contributed by atoms with Crippen molar-refractivity contribution in [3.05, 3.63) is 10.7 Å². The van der Waals surface area contributed by atoms with Gasteiger partial charge in [0.05, 0.1) is 6.67 Å². The largest absolute Gasteiger partial charge is 0.413 e. The van der Waals surface area contributed by atoms with E-state index in [1.165, 1.54) is 19.3 Å². The van der Waals surface area contributed by atoms with Crippen molar-refractivity contribution in [2.24, 2.45) is 5.92 Å². The second-order valence-electron chi connectivity index (χ2n) is 8.34. The van der Waals surface area contributed by atoms with Crippen LogP contribution in [0.3, 0.4) is 0 Å². The van der Waals surface area contributed by atoms with Gasteiger partial charge in [-0.3, -0.25) is 9.69 Å². The highest BCUT2D eigenvalue weighted by Gasteiger charge is 2.29. The molecule has 1 saturated carbocycles. The van der Waals surface area contributed by atoms with Gasteiger partial charge < -0.3 is 9.32 Å². The second-order valence-corrected chi connectivity index (χ2v) is 8.69. The summed E-state index contributed by atoms with van der Waals surface area (Å²) in [5, 5.41) is 4.53. The Morgan fingerprint density at radius 3 is 2.36 bits per heavy atom. The zero-order valence-electron chi connectivity index (χ0n) is 15.7. The van der Waals surface area contributed by atoms with Gasteiger partial charge >= 0.3 is 0 Å². The highest BCUT2D eigenvalue weighted by atomic mass is 32.1. The van der Waals surface area contributed by atoms with Gasteiger partial charge in [0.2, 0.25) is 11.8 Å². The Hall–Kier alpha value is -1.21. The molecular formula is C18H30N4O2S. The molecule has 0 unspecified atom stereocenters. The number of piperazine rings is 1. The Balaban J connectivity index is 1.53. The monoisotopic (exact) mass is 366 g/mol. The highest BCUT2D eigenvalue weighted by molar-refractivity contribution is 7.71. The summed E-state index contributed by atoms with van der Waals surface area (Å²) in [5.74, 6) is 1.30. The fraction of sp³-hybridized carbons (Fsp3) is 0.833. The SMILES string of the molecule is CC(C)(C)c1nn(CN2CCN(C(=O)C3CCCCC3)CC2)c(=S)o1. The number of carbonyl (C=O) groups excluding carboxylic acids is 1. The zero-order valence-corrected chi connectivity index (χ0v) is 16.5. The van der Waals surface area contributed by atoms with Gasteiger partial charge in [-0.15, -0.1) is 5.10 Å². The Bertz CT molecular complexity index is 647. The fourth-order valence-electron chi connectivity index (χ4n) is 3.61. The van der Waals surface area contributed by atoms with Crippen molar-refractivity contribution in [2.75, 3.05) is 26.2 Å². The van der Waals surface area contributed by atoms with Crippen LogP contribution in [0.15, 0.2) is 4.42 Å². The first-order chi connectivity index (χ1) is 11.8. The van der Waals surface area contributed by atoms with Gasteiger partial charge in [0.1, 0.15) is 0 Å². The molecule has 0 atom stereocenters. The van der Waals surface area contributed by atoms with E-state index in [1.54, 1.807) is 4.68 Å². The minimum atomic E-state index is -0.149. The molecule has 1 saturated heterocycles. The quantitative estimate of drug-likeness (QED) is 0.769. The Kier molecular flexibility index (Phi) is 5.63.